The maximum Gasteiger partial charge on any atom is 0.242 e. The second kappa shape index (κ2) is 8.07. The van der Waals surface area contributed by atoms with E-state index in [1.165, 1.54) is 38.4 Å². The van der Waals surface area contributed by atoms with Crippen molar-refractivity contribution < 1.29 is 17.2 Å². The number of rotatable bonds is 5. The molecule has 0 spiro atoms. The summed E-state index contributed by atoms with van der Waals surface area (Å²) in [5.74, 6) is -1.33. The van der Waals surface area contributed by atoms with Crippen LogP contribution in [0.25, 0.3) is 0 Å². The third kappa shape index (κ3) is 4.75. The fourth-order valence-electron chi connectivity index (χ4n) is 2.24. The minimum atomic E-state index is -3.57. The minimum absolute atomic E-state index is 0.118. The zero-order valence-electron chi connectivity index (χ0n) is 14.5. The Balaban J connectivity index is 2.11. The van der Waals surface area contributed by atoms with Crippen LogP contribution in [0.1, 0.15) is 18.5 Å². The Labute approximate surface area is 157 Å². The van der Waals surface area contributed by atoms with E-state index in [2.05, 4.69) is 10.6 Å². The molecule has 0 aliphatic rings. The van der Waals surface area contributed by atoms with Crippen LogP contribution in [0, 0.1) is 11.6 Å². The van der Waals surface area contributed by atoms with Gasteiger partial charge in [-0.2, -0.15) is 0 Å². The van der Waals surface area contributed by atoms with E-state index in [1.807, 2.05) is 0 Å². The van der Waals surface area contributed by atoms with E-state index in [0.717, 1.165) is 10.4 Å². The number of nitrogens with one attached hydrogen (secondary N) is 2. The highest BCUT2D eigenvalue weighted by Crippen LogP contribution is 2.20. The average Bonchev–Trinajstić information content (AvgIpc) is 2.54. The number of halogens is 2. The van der Waals surface area contributed by atoms with Crippen LogP contribution in [0.2, 0.25) is 0 Å². The van der Waals surface area contributed by atoms with Crippen molar-refractivity contribution in [3.05, 3.63) is 59.7 Å². The van der Waals surface area contributed by atoms with E-state index in [0.29, 0.717) is 5.69 Å². The first-order valence-corrected chi connectivity index (χ1v) is 9.51. The van der Waals surface area contributed by atoms with E-state index < -0.39 is 27.7 Å². The third-order valence-corrected chi connectivity index (χ3v) is 5.68. The van der Waals surface area contributed by atoms with E-state index in [-0.39, 0.29) is 15.6 Å². The Bertz CT molecular complexity index is 918. The zero-order valence-corrected chi connectivity index (χ0v) is 16.1. The molecule has 2 aromatic rings. The number of hydrogen-bond acceptors (Lipinski definition) is 3. The maximum absolute atomic E-state index is 13.8. The van der Waals surface area contributed by atoms with Gasteiger partial charge < -0.3 is 10.6 Å². The lowest BCUT2D eigenvalue weighted by molar-refractivity contribution is 0.521. The van der Waals surface area contributed by atoms with E-state index >= 15 is 0 Å². The number of nitrogens with zero attached hydrogens (tertiary/aromatic N) is 1. The van der Waals surface area contributed by atoms with E-state index in [4.69, 9.17) is 12.2 Å². The topological polar surface area (TPSA) is 61.4 Å². The highest BCUT2D eigenvalue weighted by molar-refractivity contribution is 7.89. The van der Waals surface area contributed by atoms with Gasteiger partial charge in [-0.3, -0.25) is 0 Å². The molecule has 140 valence electrons. The molecule has 5 nitrogen and oxygen atoms in total. The summed E-state index contributed by atoms with van der Waals surface area (Å²) in [6.45, 7) is 1.68. The summed E-state index contributed by atoms with van der Waals surface area (Å²) in [4.78, 5) is 0.118. The molecule has 2 N–H and O–H groups in total. The number of sulfonamides is 1. The van der Waals surface area contributed by atoms with Gasteiger partial charge in [-0.15, -0.1) is 0 Å². The van der Waals surface area contributed by atoms with Gasteiger partial charge in [0.15, 0.2) is 5.11 Å². The number of thiocarbonyl (C=S) groups is 1. The lowest BCUT2D eigenvalue weighted by Crippen LogP contribution is -2.31. The molecule has 1 atom stereocenters. The summed E-state index contributed by atoms with van der Waals surface area (Å²) in [5.41, 5.74) is 0.733. The Kier molecular flexibility index (Phi) is 6.27. The highest BCUT2D eigenvalue weighted by Gasteiger charge is 2.18. The fraction of sp³-hybridized carbons (Fsp3) is 0.235. The zero-order chi connectivity index (χ0) is 19.5. The molecule has 0 amide bonds. The largest absolute Gasteiger partial charge is 0.356 e. The summed E-state index contributed by atoms with van der Waals surface area (Å²) in [6, 6.07) is 8.98. The van der Waals surface area contributed by atoms with Gasteiger partial charge in [0.1, 0.15) is 11.6 Å². The van der Waals surface area contributed by atoms with Gasteiger partial charge in [0.2, 0.25) is 10.0 Å². The summed E-state index contributed by atoms with van der Waals surface area (Å²) >= 11 is 5.19. The molecule has 0 aromatic heterocycles. The Morgan fingerprint density at radius 1 is 1.15 bits per heavy atom. The predicted molar refractivity (Wildman–Crippen MR) is 101 cm³/mol. The molecule has 0 unspecified atom stereocenters. The van der Waals surface area contributed by atoms with Crippen LogP contribution in [-0.2, 0) is 10.0 Å². The van der Waals surface area contributed by atoms with E-state index in [9.17, 15) is 17.2 Å². The van der Waals surface area contributed by atoms with Crippen LogP contribution in [0.4, 0.5) is 14.5 Å². The van der Waals surface area contributed by atoms with Crippen LogP contribution in [-0.4, -0.2) is 31.9 Å². The quantitative estimate of drug-likeness (QED) is 0.756. The standard InChI is InChI=1S/C17H19F2N3O2S2/c1-11(15-8-7-12(18)9-16(15)19)20-17(25)21-13-5-4-6-14(10-13)26(23,24)22(2)3/h4-11H,1-3H3,(H2,20,21,25)/t11-/m1/s1. The van der Waals surface area contributed by atoms with Crippen LogP contribution in [0.15, 0.2) is 47.4 Å². The Morgan fingerprint density at radius 2 is 1.85 bits per heavy atom. The van der Waals surface area contributed by atoms with Gasteiger partial charge in [-0.05, 0) is 43.4 Å². The predicted octanol–water partition coefficient (Wildman–Crippen LogP) is 3.26. The molecule has 0 fully saturated rings. The van der Waals surface area contributed by atoms with E-state index in [1.54, 1.807) is 19.1 Å². The van der Waals surface area contributed by atoms with Crippen molar-refractivity contribution in [3.63, 3.8) is 0 Å². The number of benzene rings is 2. The van der Waals surface area contributed by atoms with Crippen molar-refractivity contribution in [2.24, 2.45) is 0 Å². The van der Waals surface area contributed by atoms with Gasteiger partial charge >= 0.3 is 0 Å². The second-order valence-corrected chi connectivity index (χ2v) is 8.36. The average molecular weight is 399 g/mol. The fourth-order valence-corrected chi connectivity index (χ4v) is 3.48. The molecular weight excluding hydrogens is 380 g/mol. The molecule has 2 rings (SSSR count). The molecule has 0 saturated heterocycles. The van der Waals surface area contributed by atoms with Crippen LogP contribution in [0.5, 0.6) is 0 Å². The van der Waals surface area contributed by atoms with Gasteiger partial charge in [-0.25, -0.2) is 21.5 Å². The minimum Gasteiger partial charge on any atom is -0.356 e. The van der Waals surface area contributed by atoms with Crippen molar-refractivity contribution in [2.45, 2.75) is 17.9 Å². The molecule has 26 heavy (non-hydrogen) atoms. The molecule has 0 aliphatic carbocycles. The molecule has 9 heteroatoms. The summed E-state index contributed by atoms with van der Waals surface area (Å²) in [6.07, 6.45) is 0. The number of hydrogen-bond donors (Lipinski definition) is 2. The van der Waals surface area contributed by atoms with Gasteiger partial charge in [-0.1, -0.05) is 12.1 Å². The Morgan fingerprint density at radius 3 is 2.46 bits per heavy atom. The number of anilines is 1. The second-order valence-electron chi connectivity index (χ2n) is 5.80. The summed E-state index contributed by atoms with van der Waals surface area (Å²) in [7, 11) is -0.676. The van der Waals surface area contributed by atoms with Crippen LogP contribution in [0.3, 0.4) is 0 Å². The lowest BCUT2D eigenvalue weighted by atomic mass is 10.1. The monoisotopic (exact) mass is 399 g/mol. The van der Waals surface area contributed by atoms with Crippen molar-refractivity contribution in [2.75, 3.05) is 19.4 Å². The summed E-state index contributed by atoms with van der Waals surface area (Å²) < 4.78 is 52.3. The molecular formula is C17H19F2N3O2S2. The molecule has 0 bridgehead atoms. The first-order valence-electron chi connectivity index (χ1n) is 7.66. The SMILES string of the molecule is C[C@@H](NC(=S)Nc1cccc(S(=O)(=O)N(C)C)c1)c1ccc(F)cc1F. The van der Waals surface area contributed by atoms with Crippen LogP contribution >= 0.6 is 12.2 Å². The molecule has 2 aromatic carbocycles. The van der Waals surface area contributed by atoms with Gasteiger partial charge in [0.25, 0.3) is 0 Å². The van der Waals surface area contributed by atoms with Crippen molar-refractivity contribution in [1.29, 1.82) is 0 Å². The molecule has 0 heterocycles. The van der Waals surface area contributed by atoms with Gasteiger partial charge in [0.05, 0.1) is 10.9 Å². The maximum atomic E-state index is 13.8. The molecule has 0 aliphatic heterocycles. The smallest absolute Gasteiger partial charge is 0.242 e. The summed E-state index contributed by atoms with van der Waals surface area (Å²) in [5, 5.41) is 5.93. The highest BCUT2D eigenvalue weighted by atomic mass is 32.2. The van der Waals surface area contributed by atoms with Crippen molar-refractivity contribution >= 4 is 33.0 Å². The van der Waals surface area contributed by atoms with Gasteiger partial charge in [0, 0.05) is 31.4 Å². The third-order valence-electron chi connectivity index (χ3n) is 3.65. The molecule has 0 radical (unpaired) electrons. The van der Waals surface area contributed by atoms with Crippen LogP contribution < -0.4 is 10.6 Å². The first kappa shape index (κ1) is 20.2. The molecule has 0 saturated carbocycles. The normalized spacial score (nSPS) is 12.7. The first-order chi connectivity index (χ1) is 12.1. The van der Waals surface area contributed by atoms with Crippen molar-refractivity contribution in [3.8, 4) is 0 Å². The lowest BCUT2D eigenvalue weighted by Gasteiger charge is -2.18. The Hall–Kier alpha value is -2.10. The van der Waals surface area contributed by atoms with Crippen molar-refractivity contribution in [1.82, 2.24) is 9.62 Å².